The van der Waals surface area contributed by atoms with Crippen LogP contribution in [0.1, 0.15) is 0 Å². The van der Waals surface area contributed by atoms with Gasteiger partial charge in [0, 0.05) is 13.1 Å². The van der Waals surface area contributed by atoms with E-state index < -0.39 is 42.1 Å². The SMILES string of the molecule is Nc1c(F)ccc(S(=O)(=O)N2CCS(=O)(=O)CC2)c1F. The zero-order chi connectivity index (χ0) is 15.1. The second kappa shape index (κ2) is 4.93. The highest BCUT2D eigenvalue weighted by Gasteiger charge is 2.33. The van der Waals surface area contributed by atoms with Gasteiger partial charge in [-0.05, 0) is 12.1 Å². The van der Waals surface area contributed by atoms with Crippen molar-refractivity contribution >= 4 is 25.5 Å². The van der Waals surface area contributed by atoms with Crippen molar-refractivity contribution in [2.24, 2.45) is 0 Å². The first-order chi connectivity index (χ1) is 9.15. The molecule has 1 aliphatic heterocycles. The zero-order valence-corrected chi connectivity index (χ0v) is 11.8. The zero-order valence-electron chi connectivity index (χ0n) is 10.2. The molecule has 1 heterocycles. The molecule has 6 nitrogen and oxygen atoms in total. The highest BCUT2D eigenvalue weighted by Crippen LogP contribution is 2.26. The Bertz CT molecular complexity index is 733. The Balaban J connectivity index is 2.40. The summed E-state index contributed by atoms with van der Waals surface area (Å²) in [6.45, 7) is -0.525. The average molecular weight is 326 g/mol. The highest BCUT2D eigenvalue weighted by molar-refractivity contribution is 7.92. The van der Waals surface area contributed by atoms with Crippen LogP contribution in [0.3, 0.4) is 0 Å². The molecule has 1 aliphatic rings. The fourth-order valence-corrected chi connectivity index (χ4v) is 4.77. The van der Waals surface area contributed by atoms with Crippen LogP contribution in [0, 0.1) is 11.6 Å². The van der Waals surface area contributed by atoms with Gasteiger partial charge in [-0.25, -0.2) is 25.6 Å². The predicted molar refractivity (Wildman–Crippen MR) is 68.2 cm³/mol. The van der Waals surface area contributed by atoms with Crippen molar-refractivity contribution in [1.29, 1.82) is 0 Å². The lowest BCUT2D eigenvalue weighted by Crippen LogP contribution is -2.43. The summed E-state index contributed by atoms with van der Waals surface area (Å²) in [5, 5.41) is 0. The van der Waals surface area contributed by atoms with E-state index >= 15 is 0 Å². The third-order valence-corrected chi connectivity index (χ3v) is 6.54. The summed E-state index contributed by atoms with van der Waals surface area (Å²) in [4.78, 5) is -0.754. The molecule has 0 bridgehead atoms. The van der Waals surface area contributed by atoms with E-state index in [1.54, 1.807) is 0 Å². The molecule has 0 saturated carbocycles. The second-order valence-corrected chi connectivity index (χ2v) is 8.54. The standard InChI is InChI=1S/C10H12F2N2O4S2/c11-7-1-2-8(9(12)10(7)13)20(17,18)14-3-5-19(15,16)6-4-14/h1-2H,3-6,13H2. The van der Waals surface area contributed by atoms with Crippen molar-refractivity contribution in [3.8, 4) is 0 Å². The van der Waals surface area contributed by atoms with E-state index in [0.29, 0.717) is 0 Å². The van der Waals surface area contributed by atoms with Gasteiger partial charge in [0.25, 0.3) is 0 Å². The van der Waals surface area contributed by atoms with Gasteiger partial charge in [-0.3, -0.25) is 0 Å². The normalized spacial score (nSPS) is 19.9. The molecule has 2 N–H and O–H groups in total. The van der Waals surface area contributed by atoms with Crippen LogP contribution in [0.15, 0.2) is 17.0 Å². The minimum atomic E-state index is -4.23. The van der Waals surface area contributed by atoms with Gasteiger partial charge < -0.3 is 5.73 Å². The number of sulfonamides is 1. The minimum absolute atomic E-state index is 0.263. The minimum Gasteiger partial charge on any atom is -0.394 e. The molecule has 0 radical (unpaired) electrons. The van der Waals surface area contributed by atoms with Crippen LogP contribution in [-0.2, 0) is 19.9 Å². The van der Waals surface area contributed by atoms with Gasteiger partial charge in [0.15, 0.2) is 15.7 Å². The third-order valence-electron chi connectivity index (χ3n) is 3.01. The van der Waals surface area contributed by atoms with Crippen LogP contribution in [0.4, 0.5) is 14.5 Å². The molecule has 2 rings (SSSR count). The largest absolute Gasteiger partial charge is 0.394 e. The van der Waals surface area contributed by atoms with Gasteiger partial charge in [-0.1, -0.05) is 0 Å². The quantitative estimate of drug-likeness (QED) is 0.770. The topological polar surface area (TPSA) is 97.5 Å². The molecule has 112 valence electrons. The molecule has 0 aliphatic carbocycles. The molecular formula is C10H12F2N2O4S2. The van der Waals surface area contributed by atoms with Crippen molar-refractivity contribution in [1.82, 2.24) is 4.31 Å². The van der Waals surface area contributed by atoms with E-state index in [-0.39, 0.29) is 24.6 Å². The molecule has 0 atom stereocenters. The predicted octanol–water partition coefficient (Wildman–Crippen LogP) is -0.0339. The molecule has 0 amide bonds. The fraction of sp³-hybridized carbons (Fsp3) is 0.400. The molecule has 1 saturated heterocycles. The summed E-state index contributed by atoms with van der Waals surface area (Å²) in [6, 6.07) is 1.53. The second-order valence-electron chi connectivity index (χ2n) is 4.33. The lowest BCUT2D eigenvalue weighted by molar-refractivity contribution is 0.426. The lowest BCUT2D eigenvalue weighted by Gasteiger charge is -2.26. The molecule has 0 aromatic heterocycles. The van der Waals surface area contributed by atoms with Crippen LogP contribution in [0.5, 0.6) is 0 Å². The van der Waals surface area contributed by atoms with Crippen LogP contribution in [0.2, 0.25) is 0 Å². The van der Waals surface area contributed by atoms with Gasteiger partial charge in [-0.2, -0.15) is 4.31 Å². The van der Waals surface area contributed by atoms with Gasteiger partial charge in [0.05, 0.1) is 11.5 Å². The van der Waals surface area contributed by atoms with Crippen molar-refractivity contribution in [2.45, 2.75) is 4.90 Å². The number of anilines is 1. The van der Waals surface area contributed by atoms with E-state index in [1.165, 1.54) is 0 Å². The Kier molecular flexibility index (Phi) is 3.73. The number of hydrogen-bond acceptors (Lipinski definition) is 5. The number of nitrogen functional groups attached to an aromatic ring is 1. The first kappa shape index (κ1) is 15.1. The Morgan fingerprint density at radius 2 is 1.70 bits per heavy atom. The molecule has 0 spiro atoms. The van der Waals surface area contributed by atoms with Crippen LogP contribution < -0.4 is 5.73 Å². The highest BCUT2D eigenvalue weighted by atomic mass is 32.2. The van der Waals surface area contributed by atoms with E-state index in [4.69, 9.17) is 5.73 Å². The summed E-state index contributed by atoms with van der Waals surface area (Å²) < 4.78 is 74.6. The summed E-state index contributed by atoms with van der Waals surface area (Å²) in [5.41, 5.74) is 4.24. The summed E-state index contributed by atoms with van der Waals surface area (Å²) in [7, 11) is -7.50. The average Bonchev–Trinajstić information content (AvgIpc) is 2.35. The number of benzene rings is 1. The third kappa shape index (κ3) is 2.63. The van der Waals surface area contributed by atoms with Crippen molar-refractivity contribution < 1.29 is 25.6 Å². The van der Waals surface area contributed by atoms with E-state index in [0.717, 1.165) is 16.4 Å². The van der Waals surface area contributed by atoms with Gasteiger partial charge in [0.2, 0.25) is 10.0 Å². The van der Waals surface area contributed by atoms with Gasteiger partial charge >= 0.3 is 0 Å². The summed E-state index contributed by atoms with van der Waals surface area (Å²) in [5.74, 6) is -3.07. The molecule has 1 fully saturated rings. The van der Waals surface area contributed by atoms with Crippen LogP contribution >= 0.6 is 0 Å². The Morgan fingerprint density at radius 1 is 1.15 bits per heavy atom. The van der Waals surface area contributed by atoms with E-state index in [1.807, 2.05) is 0 Å². The van der Waals surface area contributed by atoms with Crippen LogP contribution in [0.25, 0.3) is 0 Å². The van der Waals surface area contributed by atoms with Crippen LogP contribution in [-0.4, -0.2) is 45.7 Å². The van der Waals surface area contributed by atoms with E-state index in [2.05, 4.69) is 0 Å². The van der Waals surface area contributed by atoms with Gasteiger partial charge in [-0.15, -0.1) is 0 Å². The lowest BCUT2D eigenvalue weighted by atomic mass is 10.3. The smallest absolute Gasteiger partial charge is 0.246 e. The first-order valence-electron chi connectivity index (χ1n) is 5.59. The maximum Gasteiger partial charge on any atom is 0.246 e. The molecule has 0 unspecified atom stereocenters. The number of nitrogens with zero attached hydrogens (tertiary/aromatic N) is 1. The summed E-state index contributed by atoms with van der Waals surface area (Å²) >= 11 is 0. The molecule has 1 aromatic carbocycles. The summed E-state index contributed by atoms with van der Waals surface area (Å²) in [6.07, 6.45) is 0. The number of hydrogen-bond donors (Lipinski definition) is 1. The number of halogens is 2. The molecule has 1 aromatic rings. The fourth-order valence-electron chi connectivity index (χ4n) is 1.82. The Labute approximate surface area is 115 Å². The maximum atomic E-state index is 13.8. The van der Waals surface area contributed by atoms with Crippen molar-refractivity contribution in [3.05, 3.63) is 23.8 Å². The van der Waals surface area contributed by atoms with Crippen molar-refractivity contribution in [2.75, 3.05) is 30.3 Å². The van der Waals surface area contributed by atoms with Crippen molar-refractivity contribution in [3.63, 3.8) is 0 Å². The number of sulfone groups is 1. The number of nitrogens with two attached hydrogens (primary N) is 1. The van der Waals surface area contributed by atoms with Gasteiger partial charge in [0.1, 0.15) is 16.4 Å². The Hall–Kier alpha value is -1.26. The molecule has 10 heteroatoms. The first-order valence-corrected chi connectivity index (χ1v) is 8.85. The van der Waals surface area contributed by atoms with E-state index in [9.17, 15) is 25.6 Å². The maximum absolute atomic E-state index is 13.8. The monoisotopic (exact) mass is 326 g/mol. The molecular weight excluding hydrogens is 314 g/mol. The molecule has 20 heavy (non-hydrogen) atoms. The number of rotatable bonds is 2. The Morgan fingerprint density at radius 3 is 2.25 bits per heavy atom.